The van der Waals surface area contributed by atoms with Gasteiger partial charge in [0.15, 0.2) is 0 Å². The Bertz CT molecular complexity index is 565. The summed E-state index contributed by atoms with van der Waals surface area (Å²) in [7, 11) is 0. The fourth-order valence-electron chi connectivity index (χ4n) is 3.25. The van der Waals surface area contributed by atoms with Crippen molar-refractivity contribution in [3.8, 4) is 0 Å². The van der Waals surface area contributed by atoms with E-state index in [-0.39, 0.29) is 0 Å². The van der Waals surface area contributed by atoms with Crippen LogP contribution >= 0.6 is 0 Å². The first-order chi connectivity index (χ1) is 10.7. The predicted molar refractivity (Wildman–Crippen MR) is 92.7 cm³/mol. The number of nitrogens with one attached hydrogen (secondary N) is 1. The van der Waals surface area contributed by atoms with E-state index < -0.39 is 0 Å². The van der Waals surface area contributed by atoms with Gasteiger partial charge in [-0.2, -0.15) is 0 Å². The standard InChI is InChI=1S/C20H26N2/c1-16(2)21-14-19-13-20(18-11-7-4-8-12-18)22(19)15-17-9-5-3-6-10-17/h3-12,16,19-21H,13-15H2,1-2H3/t19-,20+/m0/s1. The van der Waals surface area contributed by atoms with Crippen LogP contribution in [0.2, 0.25) is 0 Å². The zero-order valence-electron chi connectivity index (χ0n) is 13.6. The number of hydrogen-bond acceptors (Lipinski definition) is 2. The summed E-state index contributed by atoms with van der Waals surface area (Å²) in [6.07, 6.45) is 1.25. The van der Waals surface area contributed by atoms with E-state index >= 15 is 0 Å². The van der Waals surface area contributed by atoms with E-state index in [1.165, 1.54) is 17.5 Å². The van der Waals surface area contributed by atoms with Gasteiger partial charge in [0.05, 0.1) is 0 Å². The zero-order chi connectivity index (χ0) is 15.4. The molecule has 1 fully saturated rings. The topological polar surface area (TPSA) is 15.3 Å². The van der Waals surface area contributed by atoms with Crippen molar-refractivity contribution in [2.75, 3.05) is 6.54 Å². The molecule has 0 spiro atoms. The Balaban J connectivity index is 1.71. The van der Waals surface area contributed by atoms with E-state index in [2.05, 4.69) is 84.7 Å². The highest BCUT2D eigenvalue weighted by Crippen LogP contribution is 2.39. The van der Waals surface area contributed by atoms with Crippen LogP contribution in [0.3, 0.4) is 0 Å². The molecule has 3 rings (SSSR count). The summed E-state index contributed by atoms with van der Waals surface area (Å²) in [6, 6.07) is 23.5. The van der Waals surface area contributed by atoms with Crippen molar-refractivity contribution in [3.63, 3.8) is 0 Å². The van der Waals surface area contributed by atoms with Gasteiger partial charge >= 0.3 is 0 Å². The molecule has 0 radical (unpaired) electrons. The minimum absolute atomic E-state index is 0.550. The molecule has 1 aliphatic heterocycles. The van der Waals surface area contributed by atoms with Gasteiger partial charge in [0.25, 0.3) is 0 Å². The lowest BCUT2D eigenvalue weighted by molar-refractivity contribution is 0.00482. The largest absolute Gasteiger partial charge is 0.313 e. The Hall–Kier alpha value is -1.64. The van der Waals surface area contributed by atoms with E-state index in [0.717, 1.165) is 13.1 Å². The Morgan fingerprint density at radius 1 is 1.00 bits per heavy atom. The van der Waals surface area contributed by atoms with Gasteiger partial charge in [-0.25, -0.2) is 0 Å². The third-order valence-corrected chi connectivity index (χ3v) is 4.52. The highest BCUT2D eigenvalue weighted by molar-refractivity contribution is 5.24. The zero-order valence-corrected chi connectivity index (χ0v) is 13.6. The third-order valence-electron chi connectivity index (χ3n) is 4.52. The third kappa shape index (κ3) is 3.57. The predicted octanol–water partition coefficient (Wildman–Crippen LogP) is 4.00. The molecule has 1 N–H and O–H groups in total. The molecule has 22 heavy (non-hydrogen) atoms. The second kappa shape index (κ2) is 7.08. The van der Waals surface area contributed by atoms with E-state index in [0.29, 0.717) is 18.1 Å². The van der Waals surface area contributed by atoms with Crippen LogP contribution in [0.1, 0.15) is 37.4 Å². The molecule has 1 saturated heterocycles. The van der Waals surface area contributed by atoms with Crippen molar-refractivity contribution in [2.24, 2.45) is 0 Å². The van der Waals surface area contributed by atoms with Crippen LogP contribution in [0.4, 0.5) is 0 Å². The molecule has 2 heteroatoms. The van der Waals surface area contributed by atoms with Gasteiger partial charge in [0, 0.05) is 31.2 Å². The number of benzene rings is 2. The molecule has 0 amide bonds. The summed E-state index contributed by atoms with van der Waals surface area (Å²) in [5, 5.41) is 3.59. The van der Waals surface area contributed by atoms with Crippen molar-refractivity contribution in [3.05, 3.63) is 71.8 Å². The lowest BCUT2D eigenvalue weighted by Crippen LogP contribution is -2.54. The first-order valence-electron chi connectivity index (χ1n) is 8.32. The number of hydrogen-bond donors (Lipinski definition) is 1. The molecular formula is C20H26N2. The molecule has 2 atom stereocenters. The van der Waals surface area contributed by atoms with E-state index in [9.17, 15) is 0 Å². The van der Waals surface area contributed by atoms with Crippen LogP contribution in [-0.4, -0.2) is 23.5 Å². The number of rotatable bonds is 6. The van der Waals surface area contributed by atoms with E-state index in [1.807, 2.05) is 0 Å². The van der Waals surface area contributed by atoms with Crippen LogP contribution in [0.5, 0.6) is 0 Å². The SMILES string of the molecule is CC(C)NC[C@@H]1C[C@H](c2ccccc2)N1Cc1ccccc1. The fourth-order valence-corrected chi connectivity index (χ4v) is 3.25. The van der Waals surface area contributed by atoms with Gasteiger partial charge in [-0.15, -0.1) is 0 Å². The molecule has 116 valence electrons. The summed E-state index contributed by atoms with van der Waals surface area (Å²) in [6.45, 7) is 6.54. The molecule has 1 heterocycles. The maximum Gasteiger partial charge on any atom is 0.0370 e. The Labute approximate surface area is 134 Å². The second-order valence-corrected chi connectivity index (χ2v) is 6.54. The minimum atomic E-state index is 0.550. The normalized spacial score (nSPS) is 21.8. The average Bonchev–Trinajstić information content (AvgIpc) is 2.53. The van der Waals surface area contributed by atoms with Crippen molar-refractivity contribution >= 4 is 0 Å². The molecule has 2 nitrogen and oxygen atoms in total. The van der Waals surface area contributed by atoms with Gasteiger partial charge < -0.3 is 5.32 Å². The molecule has 1 aliphatic rings. The first-order valence-corrected chi connectivity index (χ1v) is 8.32. The summed E-state index contributed by atoms with van der Waals surface area (Å²) in [5.41, 5.74) is 2.84. The van der Waals surface area contributed by atoms with Crippen molar-refractivity contribution in [1.29, 1.82) is 0 Å². The Morgan fingerprint density at radius 2 is 1.64 bits per heavy atom. The number of likely N-dealkylation sites (tertiary alicyclic amines) is 1. The van der Waals surface area contributed by atoms with Crippen LogP contribution in [0, 0.1) is 0 Å². The van der Waals surface area contributed by atoms with Gasteiger partial charge in [0.2, 0.25) is 0 Å². The van der Waals surface area contributed by atoms with Gasteiger partial charge in [-0.3, -0.25) is 4.90 Å². The molecule has 0 aliphatic carbocycles. The summed E-state index contributed by atoms with van der Waals surface area (Å²) >= 11 is 0. The maximum absolute atomic E-state index is 3.59. The number of nitrogens with zero attached hydrogens (tertiary/aromatic N) is 1. The maximum atomic E-state index is 3.59. The quantitative estimate of drug-likeness (QED) is 0.866. The molecule has 0 unspecified atom stereocenters. The van der Waals surface area contributed by atoms with Crippen molar-refractivity contribution in [1.82, 2.24) is 10.2 Å². The fraction of sp³-hybridized carbons (Fsp3) is 0.400. The van der Waals surface area contributed by atoms with Gasteiger partial charge in [-0.05, 0) is 17.5 Å². The Kier molecular flexibility index (Phi) is 4.91. The molecule has 0 bridgehead atoms. The smallest absolute Gasteiger partial charge is 0.0370 e. The lowest BCUT2D eigenvalue weighted by Gasteiger charge is -2.49. The highest BCUT2D eigenvalue weighted by Gasteiger charge is 2.38. The van der Waals surface area contributed by atoms with Crippen molar-refractivity contribution in [2.45, 2.75) is 44.9 Å². The van der Waals surface area contributed by atoms with Crippen LogP contribution < -0.4 is 5.32 Å². The summed E-state index contributed by atoms with van der Waals surface area (Å²) < 4.78 is 0. The van der Waals surface area contributed by atoms with Gasteiger partial charge in [0.1, 0.15) is 0 Å². The Morgan fingerprint density at radius 3 is 2.27 bits per heavy atom. The second-order valence-electron chi connectivity index (χ2n) is 6.54. The average molecular weight is 294 g/mol. The van der Waals surface area contributed by atoms with Gasteiger partial charge in [-0.1, -0.05) is 74.5 Å². The molecule has 2 aromatic carbocycles. The van der Waals surface area contributed by atoms with Crippen LogP contribution in [0.25, 0.3) is 0 Å². The van der Waals surface area contributed by atoms with Crippen LogP contribution in [-0.2, 0) is 6.54 Å². The molecule has 2 aromatic rings. The highest BCUT2D eigenvalue weighted by atomic mass is 15.3. The minimum Gasteiger partial charge on any atom is -0.313 e. The van der Waals surface area contributed by atoms with E-state index in [4.69, 9.17) is 0 Å². The lowest BCUT2D eigenvalue weighted by atomic mass is 9.86. The molecule has 0 saturated carbocycles. The van der Waals surface area contributed by atoms with E-state index in [1.54, 1.807) is 0 Å². The van der Waals surface area contributed by atoms with Crippen molar-refractivity contribution < 1.29 is 0 Å². The summed E-state index contributed by atoms with van der Waals surface area (Å²) in [4.78, 5) is 2.64. The summed E-state index contributed by atoms with van der Waals surface area (Å²) in [5.74, 6) is 0. The van der Waals surface area contributed by atoms with Crippen LogP contribution in [0.15, 0.2) is 60.7 Å². The molecular weight excluding hydrogens is 268 g/mol. The monoisotopic (exact) mass is 294 g/mol. The first kappa shape index (κ1) is 15.3. The molecule has 0 aromatic heterocycles.